The highest BCUT2D eigenvalue weighted by molar-refractivity contribution is 5.88. The maximum atomic E-state index is 5.26. The molecule has 4 nitrogen and oxygen atoms in total. The number of fused-ring (bicyclic) bond motifs is 1. The van der Waals surface area contributed by atoms with Crippen LogP contribution in [-0.2, 0) is 11.3 Å². The van der Waals surface area contributed by atoms with Crippen LogP contribution in [0.1, 0.15) is 5.56 Å². The van der Waals surface area contributed by atoms with Gasteiger partial charge in [-0.3, -0.25) is 0 Å². The predicted molar refractivity (Wildman–Crippen MR) is 58.7 cm³/mol. The summed E-state index contributed by atoms with van der Waals surface area (Å²) in [7, 11) is 1.66. The molecule has 1 aromatic carbocycles. The van der Waals surface area contributed by atoms with Gasteiger partial charge in [0, 0.05) is 11.6 Å². The molecule has 0 saturated carbocycles. The van der Waals surface area contributed by atoms with Gasteiger partial charge < -0.3 is 14.6 Å². The number of hydrogen-bond acceptors (Lipinski definition) is 3. The number of aromatic amines is 1. The second-order valence-electron chi connectivity index (χ2n) is 3.31. The van der Waals surface area contributed by atoms with E-state index in [2.05, 4.69) is 9.82 Å². The number of nitrogens with one attached hydrogen (secondary N) is 1. The smallest absolute Gasteiger partial charge is 0.142 e. The molecule has 1 aromatic heterocycles. The van der Waals surface area contributed by atoms with Gasteiger partial charge in [-0.2, -0.15) is 0 Å². The van der Waals surface area contributed by atoms with Crippen molar-refractivity contribution in [1.82, 2.24) is 4.98 Å². The van der Waals surface area contributed by atoms with Crippen LogP contribution >= 0.6 is 0 Å². The van der Waals surface area contributed by atoms with Crippen molar-refractivity contribution in [3.8, 4) is 5.75 Å². The molecule has 0 bridgehead atoms. The van der Waals surface area contributed by atoms with E-state index < -0.39 is 0 Å². The largest absolute Gasteiger partial charge is 0.495 e. The number of benzene rings is 1. The van der Waals surface area contributed by atoms with E-state index in [0.717, 1.165) is 23.1 Å². The Morgan fingerprint density at radius 2 is 2.20 bits per heavy atom. The first kappa shape index (κ1) is 10.0. The standard InChI is InChI=1S/C11H14N2O2/c1-14-10-3-2-8(5-7-15-12)9-4-6-13-11(9)10/h2-4,6,13H,5,7,12H2,1H3. The van der Waals surface area contributed by atoms with E-state index in [9.17, 15) is 0 Å². The Morgan fingerprint density at radius 1 is 1.33 bits per heavy atom. The number of H-pyrrole nitrogens is 1. The highest BCUT2D eigenvalue weighted by Gasteiger charge is 2.06. The molecule has 0 atom stereocenters. The molecular weight excluding hydrogens is 192 g/mol. The zero-order valence-electron chi connectivity index (χ0n) is 8.62. The molecule has 2 aromatic rings. The number of rotatable bonds is 4. The third kappa shape index (κ3) is 1.82. The Labute approximate surface area is 87.9 Å². The van der Waals surface area contributed by atoms with E-state index in [1.54, 1.807) is 7.11 Å². The van der Waals surface area contributed by atoms with Crippen LogP contribution in [0.15, 0.2) is 24.4 Å². The lowest BCUT2D eigenvalue weighted by molar-refractivity contribution is 0.141. The predicted octanol–water partition coefficient (Wildman–Crippen LogP) is 1.61. The minimum Gasteiger partial charge on any atom is -0.495 e. The Bertz CT molecular complexity index is 451. The SMILES string of the molecule is COc1ccc(CCON)c2cc[nH]c12. The monoisotopic (exact) mass is 206 g/mol. The van der Waals surface area contributed by atoms with Crippen molar-refractivity contribution in [2.45, 2.75) is 6.42 Å². The van der Waals surface area contributed by atoms with Crippen molar-refractivity contribution in [3.05, 3.63) is 30.0 Å². The van der Waals surface area contributed by atoms with Gasteiger partial charge in [0.05, 0.1) is 19.2 Å². The van der Waals surface area contributed by atoms with Gasteiger partial charge in [0.25, 0.3) is 0 Å². The van der Waals surface area contributed by atoms with Gasteiger partial charge in [0.2, 0.25) is 0 Å². The second kappa shape index (κ2) is 4.33. The van der Waals surface area contributed by atoms with Crippen LogP contribution in [0.2, 0.25) is 0 Å². The van der Waals surface area contributed by atoms with Gasteiger partial charge in [-0.1, -0.05) is 6.07 Å². The Hall–Kier alpha value is -1.52. The van der Waals surface area contributed by atoms with Gasteiger partial charge in [0.15, 0.2) is 0 Å². The summed E-state index contributed by atoms with van der Waals surface area (Å²) in [5.41, 5.74) is 2.23. The van der Waals surface area contributed by atoms with Gasteiger partial charge in [-0.05, 0) is 24.1 Å². The minimum atomic E-state index is 0.520. The van der Waals surface area contributed by atoms with E-state index >= 15 is 0 Å². The molecule has 0 saturated heterocycles. The molecule has 1 heterocycles. The molecule has 0 amide bonds. The third-order valence-electron chi connectivity index (χ3n) is 2.48. The van der Waals surface area contributed by atoms with Crippen molar-refractivity contribution >= 4 is 10.9 Å². The summed E-state index contributed by atoms with van der Waals surface area (Å²) in [5, 5.41) is 1.16. The Balaban J connectivity index is 2.44. The van der Waals surface area contributed by atoms with Crippen LogP contribution in [0.4, 0.5) is 0 Å². The van der Waals surface area contributed by atoms with Crippen molar-refractivity contribution in [2.75, 3.05) is 13.7 Å². The van der Waals surface area contributed by atoms with Gasteiger partial charge >= 0.3 is 0 Å². The minimum absolute atomic E-state index is 0.520. The molecular formula is C11H14N2O2. The number of nitrogens with two attached hydrogens (primary N) is 1. The number of ether oxygens (including phenoxy) is 1. The first-order valence-corrected chi connectivity index (χ1v) is 4.81. The maximum absolute atomic E-state index is 5.26. The van der Waals surface area contributed by atoms with E-state index in [1.165, 1.54) is 5.56 Å². The zero-order chi connectivity index (χ0) is 10.7. The highest BCUT2D eigenvalue weighted by atomic mass is 16.6. The van der Waals surface area contributed by atoms with Crippen LogP contribution in [0, 0.1) is 0 Å². The topological polar surface area (TPSA) is 60.3 Å². The van der Waals surface area contributed by atoms with Crippen molar-refractivity contribution in [3.63, 3.8) is 0 Å². The normalized spacial score (nSPS) is 10.8. The third-order valence-corrected chi connectivity index (χ3v) is 2.48. The fourth-order valence-electron chi connectivity index (χ4n) is 1.75. The summed E-state index contributed by atoms with van der Waals surface area (Å²) < 4.78 is 5.26. The summed E-state index contributed by atoms with van der Waals surface area (Å²) in [6.07, 6.45) is 2.70. The molecule has 2 rings (SSSR count). The molecule has 0 aliphatic carbocycles. The van der Waals surface area contributed by atoms with Crippen molar-refractivity contribution < 1.29 is 9.57 Å². The van der Waals surface area contributed by atoms with Crippen molar-refractivity contribution in [2.24, 2.45) is 5.90 Å². The van der Waals surface area contributed by atoms with E-state index in [1.807, 2.05) is 24.4 Å². The zero-order valence-corrected chi connectivity index (χ0v) is 8.62. The average molecular weight is 206 g/mol. The fourth-order valence-corrected chi connectivity index (χ4v) is 1.75. The quantitative estimate of drug-likeness (QED) is 0.747. The van der Waals surface area contributed by atoms with Gasteiger partial charge in [0.1, 0.15) is 5.75 Å². The molecule has 0 spiro atoms. The average Bonchev–Trinajstić information content (AvgIpc) is 2.74. The number of methoxy groups -OCH3 is 1. The van der Waals surface area contributed by atoms with Crippen LogP contribution in [-0.4, -0.2) is 18.7 Å². The summed E-state index contributed by atoms with van der Waals surface area (Å²) >= 11 is 0. The summed E-state index contributed by atoms with van der Waals surface area (Å²) in [5.74, 6) is 5.87. The van der Waals surface area contributed by atoms with Crippen LogP contribution in [0.3, 0.4) is 0 Å². The van der Waals surface area contributed by atoms with Crippen LogP contribution < -0.4 is 10.6 Å². The molecule has 0 radical (unpaired) electrons. The molecule has 0 aliphatic rings. The Kier molecular flexibility index (Phi) is 2.89. The molecule has 3 N–H and O–H groups in total. The van der Waals surface area contributed by atoms with Crippen LogP contribution in [0.25, 0.3) is 10.9 Å². The number of hydrogen-bond donors (Lipinski definition) is 2. The van der Waals surface area contributed by atoms with Crippen LogP contribution in [0.5, 0.6) is 5.75 Å². The summed E-state index contributed by atoms with van der Waals surface area (Å²) in [6.45, 7) is 0.520. The first-order chi connectivity index (χ1) is 7.36. The maximum Gasteiger partial charge on any atom is 0.142 e. The van der Waals surface area contributed by atoms with Gasteiger partial charge in [-0.15, -0.1) is 0 Å². The summed E-state index contributed by atoms with van der Waals surface area (Å²) in [6, 6.07) is 6.02. The first-order valence-electron chi connectivity index (χ1n) is 4.81. The molecule has 4 heteroatoms. The van der Waals surface area contributed by atoms with Gasteiger partial charge in [-0.25, -0.2) is 5.90 Å². The molecule has 15 heavy (non-hydrogen) atoms. The number of aromatic nitrogens is 1. The van der Waals surface area contributed by atoms with E-state index in [-0.39, 0.29) is 0 Å². The lowest BCUT2D eigenvalue weighted by Crippen LogP contribution is -2.03. The van der Waals surface area contributed by atoms with Crippen molar-refractivity contribution in [1.29, 1.82) is 0 Å². The molecule has 0 aliphatic heterocycles. The molecule has 80 valence electrons. The highest BCUT2D eigenvalue weighted by Crippen LogP contribution is 2.27. The van der Waals surface area contributed by atoms with E-state index in [4.69, 9.17) is 10.6 Å². The fraction of sp³-hybridized carbons (Fsp3) is 0.273. The molecule has 0 unspecified atom stereocenters. The van der Waals surface area contributed by atoms with E-state index in [0.29, 0.717) is 6.61 Å². The Morgan fingerprint density at radius 3 is 2.93 bits per heavy atom. The second-order valence-corrected chi connectivity index (χ2v) is 3.31. The summed E-state index contributed by atoms with van der Waals surface area (Å²) in [4.78, 5) is 7.75. The molecule has 0 fully saturated rings. The lowest BCUT2D eigenvalue weighted by Gasteiger charge is -2.06. The lowest BCUT2D eigenvalue weighted by atomic mass is 10.1.